The molecule has 2 nitrogen and oxygen atoms in total. The van der Waals surface area contributed by atoms with Gasteiger partial charge in [0.1, 0.15) is 11.6 Å². The van der Waals surface area contributed by atoms with Gasteiger partial charge in [-0.1, -0.05) is 6.07 Å². The minimum absolute atomic E-state index is 0.184. The Morgan fingerprint density at radius 1 is 1.16 bits per heavy atom. The van der Waals surface area contributed by atoms with Crippen molar-refractivity contribution in [2.45, 2.75) is 4.90 Å². The second-order valence-corrected chi connectivity index (χ2v) is 4.69. The monoisotopic (exact) mass is 279 g/mol. The van der Waals surface area contributed by atoms with Gasteiger partial charge in [0.15, 0.2) is 0 Å². The Morgan fingerprint density at radius 3 is 2.63 bits per heavy atom. The maximum atomic E-state index is 13.4. The maximum absolute atomic E-state index is 13.4. The number of halogens is 2. The number of benzene rings is 2. The van der Waals surface area contributed by atoms with Crippen molar-refractivity contribution in [2.24, 2.45) is 0 Å². The van der Waals surface area contributed by atoms with Gasteiger partial charge in [0.05, 0.1) is 5.56 Å². The van der Waals surface area contributed by atoms with Crippen LogP contribution < -0.4 is 5.32 Å². The van der Waals surface area contributed by atoms with E-state index in [9.17, 15) is 13.6 Å². The number of nitrogens with one attached hydrogen (secondary N) is 1. The van der Waals surface area contributed by atoms with Crippen molar-refractivity contribution in [1.29, 1.82) is 0 Å². The summed E-state index contributed by atoms with van der Waals surface area (Å²) in [5.74, 6) is -2.19. The first-order valence-corrected chi connectivity index (χ1v) is 6.73. The quantitative estimate of drug-likeness (QED) is 0.862. The molecule has 2 rings (SSSR count). The van der Waals surface area contributed by atoms with Crippen LogP contribution in [-0.4, -0.2) is 12.2 Å². The molecule has 2 aromatic rings. The zero-order valence-electron chi connectivity index (χ0n) is 10.1. The Morgan fingerprint density at radius 2 is 1.95 bits per heavy atom. The molecule has 0 aliphatic heterocycles. The lowest BCUT2D eigenvalue weighted by Gasteiger charge is -2.07. The van der Waals surface area contributed by atoms with Crippen LogP contribution in [0.1, 0.15) is 10.4 Å². The predicted octanol–water partition coefficient (Wildman–Crippen LogP) is 3.94. The van der Waals surface area contributed by atoms with Crippen LogP contribution in [0.3, 0.4) is 0 Å². The fraction of sp³-hybridized carbons (Fsp3) is 0.0714. The molecular formula is C14H11F2NOS. The molecule has 0 bridgehead atoms. The molecule has 19 heavy (non-hydrogen) atoms. The van der Waals surface area contributed by atoms with Gasteiger partial charge < -0.3 is 5.32 Å². The molecule has 0 saturated heterocycles. The SMILES string of the molecule is CSc1cccc(NC(=O)c2ccc(F)cc2F)c1. The highest BCUT2D eigenvalue weighted by atomic mass is 32.2. The molecule has 0 unspecified atom stereocenters. The third-order valence-corrected chi connectivity index (χ3v) is 3.23. The maximum Gasteiger partial charge on any atom is 0.258 e. The molecule has 0 aliphatic rings. The van der Waals surface area contributed by atoms with Crippen LogP contribution in [0.15, 0.2) is 47.4 Å². The predicted molar refractivity (Wildman–Crippen MR) is 72.5 cm³/mol. The van der Waals surface area contributed by atoms with Gasteiger partial charge in [-0.3, -0.25) is 4.79 Å². The number of anilines is 1. The number of hydrogen-bond acceptors (Lipinski definition) is 2. The summed E-state index contributed by atoms with van der Waals surface area (Å²) in [5.41, 5.74) is 0.386. The lowest BCUT2D eigenvalue weighted by atomic mass is 10.2. The lowest BCUT2D eigenvalue weighted by Crippen LogP contribution is -2.13. The summed E-state index contributed by atoms with van der Waals surface area (Å²) in [5, 5.41) is 2.58. The highest BCUT2D eigenvalue weighted by Crippen LogP contribution is 2.20. The van der Waals surface area contributed by atoms with Crippen molar-refractivity contribution in [1.82, 2.24) is 0 Å². The average Bonchev–Trinajstić information content (AvgIpc) is 2.38. The van der Waals surface area contributed by atoms with E-state index in [0.29, 0.717) is 11.8 Å². The van der Waals surface area contributed by atoms with Crippen LogP contribution in [0.4, 0.5) is 14.5 Å². The molecule has 1 N–H and O–H groups in total. The second kappa shape index (κ2) is 5.84. The van der Waals surface area contributed by atoms with Crippen molar-refractivity contribution in [3.8, 4) is 0 Å². The largest absolute Gasteiger partial charge is 0.322 e. The van der Waals surface area contributed by atoms with Crippen molar-refractivity contribution in [3.05, 3.63) is 59.7 Å². The third-order valence-electron chi connectivity index (χ3n) is 2.50. The summed E-state index contributed by atoms with van der Waals surface area (Å²) in [6.07, 6.45) is 1.92. The molecule has 0 spiro atoms. The molecule has 0 saturated carbocycles. The molecule has 5 heteroatoms. The summed E-state index contributed by atoms with van der Waals surface area (Å²) in [6, 6.07) is 10.0. The van der Waals surface area contributed by atoms with Gasteiger partial charge in [-0.05, 0) is 36.6 Å². The van der Waals surface area contributed by atoms with E-state index in [0.717, 1.165) is 17.0 Å². The molecule has 0 fully saturated rings. The van der Waals surface area contributed by atoms with Gasteiger partial charge >= 0.3 is 0 Å². The van der Waals surface area contributed by atoms with Crippen LogP contribution >= 0.6 is 11.8 Å². The smallest absolute Gasteiger partial charge is 0.258 e. The fourth-order valence-corrected chi connectivity index (χ4v) is 2.03. The molecule has 0 aliphatic carbocycles. The minimum atomic E-state index is -0.876. The van der Waals surface area contributed by atoms with Crippen molar-refractivity contribution >= 4 is 23.4 Å². The Labute approximate surface area is 113 Å². The zero-order chi connectivity index (χ0) is 13.8. The summed E-state index contributed by atoms with van der Waals surface area (Å²) in [4.78, 5) is 12.8. The van der Waals surface area contributed by atoms with E-state index in [-0.39, 0.29) is 5.56 Å². The van der Waals surface area contributed by atoms with E-state index in [4.69, 9.17) is 0 Å². The molecule has 98 valence electrons. The van der Waals surface area contributed by atoms with Crippen molar-refractivity contribution in [2.75, 3.05) is 11.6 Å². The van der Waals surface area contributed by atoms with Crippen LogP contribution in [0.2, 0.25) is 0 Å². The Kier molecular flexibility index (Phi) is 4.16. The highest BCUT2D eigenvalue weighted by molar-refractivity contribution is 7.98. The first-order valence-electron chi connectivity index (χ1n) is 5.50. The van der Waals surface area contributed by atoms with Crippen LogP contribution in [0.25, 0.3) is 0 Å². The normalized spacial score (nSPS) is 10.3. The lowest BCUT2D eigenvalue weighted by molar-refractivity contribution is 0.102. The van der Waals surface area contributed by atoms with Crippen molar-refractivity contribution < 1.29 is 13.6 Å². The van der Waals surface area contributed by atoms with E-state index in [1.807, 2.05) is 12.3 Å². The zero-order valence-corrected chi connectivity index (χ0v) is 10.9. The Hall–Kier alpha value is -1.88. The number of thioether (sulfide) groups is 1. The number of rotatable bonds is 3. The van der Waals surface area contributed by atoms with Gasteiger partial charge in [-0.2, -0.15) is 0 Å². The van der Waals surface area contributed by atoms with E-state index in [2.05, 4.69) is 5.32 Å². The van der Waals surface area contributed by atoms with E-state index >= 15 is 0 Å². The molecular weight excluding hydrogens is 268 g/mol. The number of carbonyl (C=O) groups excluding carboxylic acids is 1. The first kappa shape index (κ1) is 13.5. The molecule has 0 heterocycles. The molecule has 1 amide bonds. The number of amides is 1. The number of carbonyl (C=O) groups is 1. The molecule has 2 aromatic carbocycles. The first-order chi connectivity index (χ1) is 9.10. The van der Waals surface area contributed by atoms with E-state index in [1.54, 1.807) is 18.2 Å². The van der Waals surface area contributed by atoms with Crippen molar-refractivity contribution in [3.63, 3.8) is 0 Å². The Balaban J connectivity index is 2.20. The Bertz CT molecular complexity index is 616. The summed E-state index contributed by atoms with van der Waals surface area (Å²) < 4.78 is 26.2. The van der Waals surface area contributed by atoms with E-state index < -0.39 is 17.5 Å². The highest BCUT2D eigenvalue weighted by Gasteiger charge is 2.12. The van der Waals surface area contributed by atoms with Gasteiger partial charge in [0.25, 0.3) is 5.91 Å². The standard InChI is InChI=1S/C14H11F2NOS/c1-19-11-4-2-3-10(8-11)17-14(18)12-6-5-9(15)7-13(12)16/h2-8H,1H3,(H,17,18). The number of hydrogen-bond donors (Lipinski definition) is 1. The molecule has 0 radical (unpaired) electrons. The summed E-state index contributed by atoms with van der Waals surface area (Å²) >= 11 is 1.54. The average molecular weight is 279 g/mol. The topological polar surface area (TPSA) is 29.1 Å². The second-order valence-electron chi connectivity index (χ2n) is 3.81. The van der Waals surface area contributed by atoms with E-state index in [1.165, 1.54) is 11.8 Å². The van der Waals surface area contributed by atoms with Gasteiger partial charge in [-0.25, -0.2) is 8.78 Å². The fourth-order valence-electron chi connectivity index (χ4n) is 1.57. The van der Waals surface area contributed by atoms with Crippen LogP contribution in [0.5, 0.6) is 0 Å². The van der Waals surface area contributed by atoms with Crippen LogP contribution in [-0.2, 0) is 0 Å². The minimum Gasteiger partial charge on any atom is -0.322 e. The van der Waals surface area contributed by atoms with Gasteiger partial charge in [0.2, 0.25) is 0 Å². The third kappa shape index (κ3) is 3.32. The van der Waals surface area contributed by atoms with Gasteiger partial charge in [0, 0.05) is 16.6 Å². The van der Waals surface area contributed by atoms with Crippen LogP contribution in [0, 0.1) is 11.6 Å². The van der Waals surface area contributed by atoms with Gasteiger partial charge in [-0.15, -0.1) is 11.8 Å². The summed E-state index contributed by atoms with van der Waals surface area (Å²) in [6.45, 7) is 0. The molecule has 0 aromatic heterocycles. The molecule has 0 atom stereocenters. The summed E-state index contributed by atoms with van der Waals surface area (Å²) in [7, 11) is 0.